The van der Waals surface area contributed by atoms with E-state index in [2.05, 4.69) is 20.2 Å². The summed E-state index contributed by atoms with van der Waals surface area (Å²) in [5.74, 6) is 0. The molecule has 27 heavy (non-hydrogen) atoms. The van der Waals surface area contributed by atoms with E-state index in [4.69, 9.17) is 0 Å². The molecule has 1 N–H and O–H groups in total. The fourth-order valence-corrected chi connectivity index (χ4v) is 2.71. The number of non-ortho nitro benzene ring substituents is 1. The molecule has 0 saturated heterocycles. The number of nitro groups is 1. The zero-order valence-electron chi connectivity index (χ0n) is 14.9. The van der Waals surface area contributed by atoms with Crippen molar-refractivity contribution in [2.24, 2.45) is 0 Å². The van der Waals surface area contributed by atoms with Crippen LogP contribution < -0.4 is 5.32 Å². The Morgan fingerprint density at radius 3 is 1.96 bits per heavy atom. The zero-order chi connectivity index (χ0) is 18.9. The number of aromatic nitrogens is 2. The molecule has 7 nitrogen and oxygen atoms in total. The monoisotopic (exact) mass is 363 g/mol. The molecule has 0 spiro atoms. The number of anilines is 1. The van der Waals surface area contributed by atoms with Crippen molar-refractivity contribution in [3.05, 3.63) is 94.6 Å². The lowest BCUT2D eigenvalue weighted by molar-refractivity contribution is -0.384. The van der Waals surface area contributed by atoms with E-state index in [9.17, 15) is 10.1 Å². The highest BCUT2D eigenvalue weighted by molar-refractivity contribution is 5.48. The smallest absolute Gasteiger partial charge is 0.269 e. The molecule has 3 rings (SSSR count). The number of nitro benzene ring substituents is 1. The van der Waals surface area contributed by atoms with Gasteiger partial charge in [-0.1, -0.05) is 12.1 Å². The summed E-state index contributed by atoms with van der Waals surface area (Å²) in [6, 6.07) is 18.2. The van der Waals surface area contributed by atoms with Crippen molar-refractivity contribution in [1.29, 1.82) is 0 Å². The van der Waals surface area contributed by atoms with E-state index >= 15 is 0 Å². The normalized spacial score (nSPS) is 10.7. The van der Waals surface area contributed by atoms with E-state index < -0.39 is 4.92 Å². The Hall–Kier alpha value is -3.32. The van der Waals surface area contributed by atoms with Gasteiger partial charge < -0.3 is 5.32 Å². The van der Waals surface area contributed by atoms with Gasteiger partial charge in [0.25, 0.3) is 5.69 Å². The van der Waals surface area contributed by atoms with Gasteiger partial charge in [0.2, 0.25) is 0 Å². The maximum absolute atomic E-state index is 10.7. The summed E-state index contributed by atoms with van der Waals surface area (Å²) in [5.41, 5.74) is 2.95. The highest BCUT2D eigenvalue weighted by Crippen LogP contribution is 2.15. The second-order valence-corrected chi connectivity index (χ2v) is 6.08. The van der Waals surface area contributed by atoms with Crippen LogP contribution >= 0.6 is 0 Å². The summed E-state index contributed by atoms with van der Waals surface area (Å²) in [6.07, 6.45) is 3.59. The largest absolute Gasteiger partial charge is 0.384 e. The Labute approximate surface area is 157 Å². The van der Waals surface area contributed by atoms with Crippen LogP contribution in [0.3, 0.4) is 0 Å². The Morgan fingerprint density at radius 1 is 0.889 bits per heavy atom. The summed E-state index contributed by atoms with van der Waals surface area (Å²) >= 11 is 0. The molecular formula is C20H21N5O2. The van der Waals surface area contributed by atoms with Crippen molar-refractivity contribution >= 4 is 11.4 Å². The molecule has 0 amide bonds. The van der Waals surface area contributed by atoms with E-state index in [0.29, 0.717) is 6.54 Å². The standard InChI is InChI=1S/C20H21N5O2/c26-25(27)20-9-7-17(8-10-20)23-13-14-24(15-18-5-1-3-11-21-18)16-19-6-2-4-12-22-19/h1-12,23H,13-16H2. The van der Waals surface area contributed by atoms with Crippen LogP contribution in [0.4, 0.5) is 11.4 Å². The maximum Gasteiger partial charge on any atom is 0.269 e. The van der Waals surface area contributed by atoms with Crippen molar-refractivity contribution in [1.82, 2.24) is 14.9 Å². The lowest BCUT2D eigenvalue weighted by atomic mass is 10.2. The van der Waals surface area contributed by atoms with Gasteiger partial charge in [-0.25, -0.2) is 0 Å². The number of hydrogen-bond donors (Lipinski definition) is 1. The number of nitrogens with zero attached hydrogens (tertiary/aromatic N) is 4. The first-order valence-corrected chi connectivity index (χ1v) is 8.71. The SMILES string of the molecule is O=[N+]([O-])c1ccc(NCCN(Cc2ccccn2)Cc2ccccn2)cc1. The van der Waals surface area contributed by atoms with Gasteiger partial charge in [-0.05, 0) is 36.4 Å². The van der Waals surface area contributed by atoms with Crippen LogP contribution in [0.1, 0.15) is 11.4 Å². The third kappa shape index (κ3) is 5.86. The molecule has 0 aliphatic rings. The van der Waals surface area contributed by atoms with Crippen molar-refractivity contribution in [3.8, 4) is 0 Å². The molecule has 0 aliphatic heterocycles. The van der Waals surface area contributed by atoms with Crippen LogP contribution in [0.2, 0.25) is 0 Å². The average Bonchev–Trinajstić information content (AvgIpc) is 2.70. The first kappa shape index (κ1) is 18.5. The molecule has 0 saturated carbocycles. The zero-order valence-corrected chi connectivity index (χ0v) is 14.9. The highest BCUT2D eigenvalue weighted by Gasteiger charge is 2.09. The lowest BCUT2D eigenvalue weighted by Crippen LogP contribution is -2.29. The van der Waals surface area contributed by atoms with Gasteiger partial charge in [-0.3, -0.25) is 25.0 Å². The molecular weight excluding hydrogens is 342 g/mol. The Balaban J connectivity index is 1.59. The molecule has 0 fully saturated rings. The molecule has 2 heterocycles. The van der Waals surface area contributed by atoms with Crippen LogP contribution in [0.25, 0.3) is 0 Å². The van der Waals surface area contributed by atoms with Crippen LogP contribution in [-0.2, 0) is 13.1 Å². The molecule has 2 aromatic heterocycles. The lowest BCUT2D eigenvalue weighted by Gasteiger charge is -2.22. The van der Waals surface area contributed by atoms with E-state index in [1.54, 1.807) is 24.5 Å². The van der Waals surface area contributed by atoms with Crippen LogP contribution in [0.5, 0.6) is 0 Å². The molecule has 0 aliphatic carbocycles. The minimum atomic E-state index is -0.398. The van der Waals surface area contributed by atoms with Gasteiger partial charge in [-0.15, -0.1) is 0 Å². The predicted molar refractivity (Wildman–Crippen MR) is 104 cm³/mol. The summed E-state index contributed by atoms with van der Waals surface area (Å²) in [6.45, 7) is 2.93. The fourth-order valence-electron chi connectivity index (χ4n) is 2.71. The second-order valence-electron chi connectivity index (χ2n) is 6.08. The summed E-state index contributed by atoms with van der Waals surface area (Å²) < 4.78 is 0. The topological polar surface area (TPSA) is 84.2 Å². The molecule has 7 heteroatoms. The van der Waals surface area contributed by atoms with Crippen LogP contribution in [0.15, 0.2) is 73.1 Å². The van der Waals surface area contributed by atoms with Crippen molar-refractivity contribution in [2.75, 3.05) is 18.4 Å². The average molecular weight is 363 g/mol. The third-order valence-electron chi connectivity index (χ3n) is 4.06. The van der Waals surface area contributed by atoms with Gasteiger partial charge in [0.1, 0.15) is 0 Å². The van der Waals surface area contributed by atoms with E-state index in [1.165, 1.54) is 12.1 Å². The maximum atomic E-state index is 10.7. The quantitative estimate of drug-likeness (QED) is 0.463. The van der Waals surface area contributed by atoms with E-state index in [-0.39, 0.29) is 5.69 Å². The third-order valence-corrected chi connectivity index (χ3v) is 4.06. The Morgan fingerprint density at radius 2 is 1.48 bits per heavy atom. The highest BCUT2D eigenvalue weighted by atomic mass is 16.6. The first-order valence-electron chi connectivity index (χ1n) is 8.71. The van der Waals surface area contributed by atoms with Gasteiger partial charge in [-0.2, -0.15) is 0 Å². The van der Waals surface area contributed by atoms with E-state index in [0.717, 1.165) is 36.7 Å². The molecule has 0 unspecified atom stereocenters. The van der Waals surface area contributed by atoms with Gasteiger partial charge in [0.15, 0.2) is 0 Å². The molecule has 0 bridgehead atoms. The van der Waals surface area contributed by atoms with Crippen LogP contribution in [0, 0.1) is 10.1 Å². The molecule has 0 atom stereocenters. The number of rotatable bonds is 9. The Kier molecular flexibility index (Phi) is 6.43. The molecule has 1 aromatic carbocycles. The van der Waals surface area contributed by atoms with Gasteiger partial charge in [0, 0.05) is 56.4 Å². The second kappa shape index (κ2) is 9.40. The summed E-state index contributed by atoms with van der Waals surface area (Å²) in [5, 5.41) is 14.0. The minimum absolute atomic E-state index is 0.0903. The van der Waals surface area contributed by atoms with Crippen LogP contribution in [-0.4, -0.2) is 32.9 Å². The van der Waals surface area contributed by atoms with E-state index in [1.807, 2.05) is 36.4 Å². The predicted octanol–water partition coefficient (Wildman–Crippen LogP) is 3.50. The van der Waals surface area contributed by atoms with Gasteiger partial charge in [0.05, 0.1) is 16.3 Å². The number of hydrogen-bond acceptors (Lipinski definition) is 6. The first-order chi connectivity index (χ1) is 13.2. The van der Waals surface area contributed by atoms with Crippen molar-refractivity contribution in [2.45, 2.75) is 13.1 Å². The summed E-state index contributed by atoms with van der Waals surface area (Å²) in [4.78, 5) is 21.4. The minimum Gasteiger partial charge on any atom is -0.384 e. The molecule has 138 valence electrons. The Bertz CT molecular complexity index is 800. The number of nitrogens with one attached hydrogen (secondary N) is 1. The molecule has 3 aromatic rings. The molecule has 0 radical (unpaired) electrons. The summed E-state index contributed by atoms with van der Waals surface area (Å²) in [7, 11) is 0. The van der Waals surface area contributed by atoms with Crippen molar-refractivity contribution in [3.63, 3.8) is 0 Å². The van der Waals surface area contributed by atoms with Crippen molar-refractivity contribution < 1.29 is 4.92 Å². The number of pyridine rings is 2. The van der Waals surface area contributed by atoms with Gasteiger partial charge >= 0.3 is 0 Å². The number of benzene rings is 1. The fraction of sp³-hybridized carbons (Fsp3) is 0.200.